The Morgan fingerprint density at radius 3 is 1.73 bits per heavy atom. The molecular formula is C14H6N4O4. The highest BCUT2D eigenvalue weighted by atomic mass is 16.4. The fourth-order valence-electron chi connectivity index (χ4n) is 2.72. The SMILES string of the molecule is O=c1oc2cc3oc(=O)c4cn[nH]c4c3cc2c2[nH]ncc12. The molecule has 0 spiro atoms. The number of aromatic nitrogens is 4. The smallest absolute Gasteiger partial charge is 0.347 e. The Morgan fingerprint density at radius 1 is 0.727 bits per heavy atom. The molecule has 106 valence electrons. The monoisotopic (exact) mass is 294 g/mol. The molecule has 5 rings (SSSR count). The van der Waals surface area contributed by atoms with Gasteiger partial charge in [0.05, 0.1) is 23.4 Å². The molecule has 0 bridgehead atoms. The van der Waals surface area contributed by atoms with Crippen molar-refractivity contribution in [3.05, 3.63) is 45.4 Å². The van der Waals surface area contributed by atoms with Gasteiger partial charge >= 0.3 is 11.3 Å². The van der Waals surface area contributed by atoms with Crippen molar-refractivity contribution in [2.24, 2.45) is 0 Å². The standard InChI is InChI=1S/C14H6N4O4/c19-13-7-3-15-17-11(7)5-1-6-10(2-9(5)21-13)22-14(20)8-4-16-18-12(6)8/h1-4H,(H,15,17)(H,16,18). The third-order valence-electron chi connectivity index (χ3n) is 3.74. The van der Waals surface area contributed by atoms with E-state index in [2.05, 4.69) is 20.4 Å². The summed E-state index contributed by atoms with van der Waals surface area (Å²) >= 11 is 0. The van der Waals surface area contributed by atoms with Crippen LogP contribution >= 0.6 is 0 Å². The number of hydrogen-bond acceptors (Lipinski definition) is 6. The summed E-state index contributed by atoms with van der Waals surface area (Å²) in [4.78, 5) is 23.8. The molecule has 0 atom stereocenters. The van der Waals surface area contributed by atoms with Gasteiger partial charge in [-0.2, -0.15) is 10.2 Å². The third-order valence-corrected chi connectivity index (χ3v) is 3.74. The first-order valence-electron chi connectivity index (χ1n) is 6.42. The molecule has 22 heavy (non-hydrogen) atoms. The number of H-pyrrole nitrogens is 2. The molecule has 8 heteroatoms. The summed E-state index contributed by atoms with van der Waals surface area (Å²) in [6.07, 6.45) is 2.84. The van der Waals surface area contributed by atoms with Crippen LogP contribution in [0.5, 0.6) is 0 Å². The van der Waals surface area contributed by atoms with Crippen molar-refractivity contribution in [3.8, 4) is 0 Å². The largest absolute Gasteiger partial charge is 0.422 e. The van der Waals surface area contributed by atoms with Crippen LogP contribution in [0.1, 0.15) is 0 Å². The second-order valence-electron chi connectivity index (χ2n) is 4.94. The van der Waals surface area contributed by atoms with Crippen LogP contribution in [-0.4, -0.2) is 20.4 Å². The van der Waals surface area contributed by atoms with Crippen LogP contribution in [0.2, 0.25) is 0 Å². The van der Waals surface area contributed by atoms with Crippen molar-refractivity contribution < 1.29 is 8.83 Å². The number of fused-ring (bicyclic) bond motifs is 6. The number of hydrogen-bond donors (Lipinski definition) is 2. The summed E-state index contributed by atoms with van der Waals surface area (Å²) in [5, 5.41) is 15.4. The van der Waals surface area contributed by atoms with Gasteiger partial charge in [0.2, 0.25) is 0 Å². The van der Waals surface area contributed by atoms with Crippen molar-refractivity contribution in [3.63, 3.8) is 0 Å². The number of benzene rings is 1. The van der Waals surface area contributed by atoms with Gasteiger partial charge in [0, 0.05) is 16.8 Å². The average molecular weight is 294 g/mol. The van der Waals surface area contributed by atoms with Crippen molar-refractivity contribution in [2.45, 2.75) is 0 Å². The lowest BCUT2D eigenvalue weighted by molar-refractivity contribution is 0.558. The molecule has 0 saturated heterocycles. The summed E-state index contributed by atoms with van der Waals surface area (Å²) in [6, 6.07) is 3.30. The average Bonchev–Trinajstić information content (AvgIpc) is 3.16. The maximum absolute atomic E-state index is 11.9. The molecule has 0 amide bonds. The summed E-state index contributed by atoms with van der Waals surface area (Å²) < 4.78 is 10.5. The van der Waals surface area contributed by atoms with Crippen molar-refractivity contribution in [1.29, 1.82) is 0 Å². The van der Waals surface area contributed by atoms with E-state index in [-0.39, 0.29) is 0 Å². The fourth-order valence-corrected chi connectivity index (χ4v) is 2.72. The van der Waals surface area contributed by atoms with Gasteiger partial charge in [0.1, 0.15) is 21.9 Å². The number of aromatic amines is 2. The van der Waals surface area contributed by atoms with Crippen molar-refractivity contribution in [2.75, 3.05) is 0 Å². The summed E-state index contributed by atoms with van der Waals surface area (Å²) in [5.41, 5.74) is 0.785. The lowest BCUT2D eigenvalue weighted by Crippen LogP contribution is -2.00. The molecule has 0 fully saturated rings. The van der Waals surface area contributed by atoms with Gasteiger partial charge in [-0.3, -0.25) is 10.2 Å². The molecular weight excluding hydrogens is 288 g/mol. The Kier molecular flexibility index (Phi) is 1.85. The van der Waals surface area contributed by atoms with E-state index in [1.165, 1.54) is 18.5 Å². The van der Waals surface area contributed by atoms with Crippen molar-refractivity contribution >= 4 is 43.7 Å². The van der Waals surface area contributed by atoms with Crippen LogP contribution in [0.4, 0.5) is 0 Å². The highest BCUT2D eigenvalue weighted by Gasteiger charge is 2.14. The molecule has 4 aromatic heterocycles. The second kappa shape index (κ2) is 3.61. The molecule has 1 aromatic carbocycles. The number of rotatable bonds is 0. The minimum absolute atomic E-state index is 0.316. The van der Waals surface area contributed by atoms with Gasteiger partial charge in [-0.1, -0.05) is 0 Å². The van der Waals surface area contributed by atoms with E-state index in [1.54, 1.807) is 6.07 Å². The Hall–Kier alpha value is -3.42. The van der Waals surface area contributed by atoms with Gasteiger partial charge in [-0.05, 0) is 6.07 Å². The summed E-state index contributed by atoms with van der Waals surface area (Å²) in [6.45, 7) is 0. The Balaban J connectivity index is 2.13. The van der Waals surface area contributed by atoms with Crippen LogP contribution in [-0.2, 0) is 0 Å². The Labute approximate surface area is 119 Å². The van der Waals surface area contributed by atoms with E-state index in [1.807, 2.05) is 0 Å². The molecule has 4 heterocycles. The maximum Gasteiger partial charge on any atom is 0.347 e. The molecule has 5 aromatic rings. The first-order chi connectivity index (χ1) is 10.7. The van der Waals surface area contributed by atoms with E-state index in [0.717, 1.165) is 0 Å². The zero-order chi connectivity index (χ0) is 14.8. The van der Waals surface area contributed by atoms with Gasteiger partial charge in [-0.25, -0.2) is 9.59 Å². The van der Waals surface area contributed by atoms with Crippen LogP contribution in [0, 0.1) is 0 Å². The van der Waals surface area contributed by atoms with Crippen LogP contribution in [0.3, 0.4) is 0 Å². The summed E-state index contributed by atoms with van der Waals surface area (Å²) in [5.74, 6) is 0. The molecule has 0 unspecified atom stereocenters. The fraction of sp³-hybridized carbons (Fsp3) is 0. The Morgan fingerprint density at radius 2 is 1.23 bits per heavy atom. The molecule has 0 radical (unpaired) electrons. The molecule has 0 aliphatic rings. The van der Waals surface area contributed by atoms with Gasteiger partial charge in [-0.15, -0.1) is 0 Å². The first kappa shape index (κ1) is 11.3. The van der Waals surface area contributed by atoms with Gasteiger partial charge < -0.3 is 8.83 Å². The molecule has 2 N–H and O–H groups in total. The number of nitrogens with one attached hydrogen (secondary N) is 2. The lowest BCUT2D eigenvalue weighted by Gasteiger charge is -2.02. The topological polar surface area (TPSA) is 118 Å². The first-order valence-corrected chi connectivity index (χ1v) is 6.42. The third kappa shape index (κ3) is 1.26. The molecule has 0 aliphatic heterocycles. The van der Waals surface area contributed by atoms with E-state index < -0.39 is 11.3 Å². The van der Waals surface area contributed by atoms with Gasteiger partial charge in [0.25, 0.3) is 0 Å². The quantitative estimate of drug-likeness (QED) is 0.331. The minimum Gasteiger partial charge on any atom is -0.422 e. The normalized spacial score (nSPS) is 12.0. The zero-order valence-electron chi connectivity index (χ0n) is 10.8. The van der Waals surface area contributed by atoms with E-state index in [4.69, 9.17) is 8.83 Å². The van der Waals surface area contributed by atoms with E-state index in [9.17, 15) is 9.59 Å². The predicted octanol–water partition coefficient (Wildman–Crippen LogP) is 1.65. The second-order valence-corrected chi connectivity index (χ2v) is 4.94. The summed E-state index contributed by atoms with van der Waals surface area (Å²) in [7, 11) is 0. The molecule has 8 nitrogen and oxygen atoms in total. The predicted molar refractivity (Wildman–Crippen MR) is 77.8 cm³/mol. The minimum atomic E-state index is -0.499. The number of nitrogens with zero attached hydrogens (tertiary/aromatic N) is 2. The van der Waals surface area contributed by atoms with E-state index in [0.29, 0.717) is 43.7 Å². The lowest BCUT2D eigenvalue weighted by atomic mass is 10.1. The van der Waals surface area contributed by atoms with Crippen molar-refractivity contribution in [1.82, 2.24) is 20.4 Å². The Bertz CT molecular complexity index is 1220. The molecule has 0 saturated carbocycles. The molecule has 0 aliphatic carbocycles. The van der Waals surface area contributed by atoms with Crippen LogP contribution in [0.15, 0.2) is 42.9 Å². The van der Waals surface area contributed by atoms with Gasteiger partial charge in [0.15, 0.2) is 0 Å². The van der Waals surface area contributed by atoms with E-state index >= 15 is 0 Å². The highest BCUT2D eigenvalue weighted by Crippen LogP contribution is 2.28. The maximum atomic E-state index is 11.9. The highest BCUT2D eigenvalue weighted by molar-refractivity contribution is 6.11. The van der Waals surface area contributed by atoms with Crippen LogP contribution in [0.25, 0.3) is 43.7 Å². The van der Waals surface area contributed by atoms with Crippen LogP contribution < -0.4 is 11.3 Å². The zero-order valence-corrected chi connectivity index (χ0v) is 10.8.